The van der Waals surface area contributed by atoms with E-state index < -0.39 is 43.5 Å². The average Bonchev–Trinajstić information content (AvgIpc) is 3.25. The second kappa shape index (κ2) is 12.0. The lowest BCUT2D eigenvalue weighted by Gasteiger charge is -2.29. The molecule has 32 heavy (non-hydrogen) atoms. The molecule has 1 aliphatic rings. The van der Waals surface area contributed by atoms with Crippen LogP contribution < -0.4 is 5.32 Å². The van der Waals surface area contributed by atoms with Gasteiger partial charge in [0.05, 0.1) is 0 Å². The maximum absolute atomic E-state index is 13.0. The van der Waals surface area contributed by atoms with Gasteiger partial charge in [0.2, 0.25) is 0 Å². The van der Waals surface area contributed by atoms with Gasteiger partial charge in [0.1, 0.15) is 24.5 Å². The van der Waals surface area contributed by atoms with Crippen LogP contribution in [0.4, 0.5) is 4.79 Å². The second-order valence-electron chi connectivity index (χ2n) is 7.70. The van der Waals surface area contributed by atoms with E-state index in [1.807, 2.05) is 13.0 Å². The van der Waals surface area contributed by atoms with Gasteiger partial charge in [-0.25, -0.2) is 9.59 Å². The van der Waals surface area contributed by atoms with Crippen molar-refractivity contribution in [2.75, 3.05) is 6.54 Å². The monoisotopic (exact) mass is 470 g/mol. The molecule has 10 nitrogen and oxygen atoms in total. The summed E-state index contributed by atoms with van der Waals surface area (Å²) in [7, 11) is -4.48. The van der Waals surface area contributed by atoms with Crippen molar-refractivity contribution in [3.05, 3.63) is 35.9 Å². The van der Waals surface area contributed by atoms with E-state index in [-0.39, 0.29) is 19.6 Å². The normalized spacial score (nSPS) is 19.6. The zero-order valence-electron chi connectivity index (χ0n) is 18.3. The Kier molecular flexibility index (Phi) is 9.68. The van der Waals surface area contributed by atoms with Crippen LogP contribution in [-0.2, 0) is 30.0 Å². The smallest absolute Gasteiger partial charge is 0.408 e. The zero-order valence-corrected chi connectivity index (χ0v) is 19.2. The van der Waals surface area contributed by atoms with Gasteiger partial charge in [-0.2, -0.15) is 0 Å². The fraction of sp³-hybridized carbons (Fsp3) is 0.571. The fourth-order valence-electron chi connectivity index (χ4n) is 3.48. The molecule has 0 saturated carbocycles. The number of carboxylic acid groups (broad SMARTS) is 1. The molecular formula is C21H31N2O8P. The Balaban J connectivity index is 2.01. The second-order valence-corrected chi connectivity index (χ2v) is 9.67. The molecule has 1 aliphatic heterocycles. The van der Waals surface area contributed by atoms with Crippen LogP contribution in [0.25, 0.3) is 0 Å². The summed E-state index contributed by atoms with van der Waals surface area (Å²) in [5.41, 5.74) is 0.758. The van der Waals surface area contributed by atoms with Crippen LogP contribution in [0.15, 0.2) is 30.3 Å². The Morgan fingerprint density at radius 3 is 2.59 bits per heavy atom. The summed E-state index contributed by atoms with van der Waals surface area (Å²) in [6.45, 7) is 3.42. The van der Waals surface area contributed by atoms with E-state index in [1.54, 1.807) is 24.3 Å². The molecular weight excluding hydrogens is 439 g/mol. The number of unbranched alkanes of at least 4 members (excludes halogenated alkanes) is 1. The lowest BCUT2D eigenvalue weighted by Crippen LogP contribution is -2.45. The molecule has 0 aliphatic carbocycles. The van der Waals surface area contributed by atoms with Crippen molar-refractivity contribution in [3.63, 3.8) is 0 Å². The first kappa shape index (κ1) is 25.8. The molecule has 1 aromatic carbocycles. The Bertz CT molecular complexity index is 834. The molecule has 2 amide bonds. The average molecular weight is 470 g/mol. The maximum Gasteiger partial charge on any atom is 0.408 e. The van der Waals surface area contributed by atoms with Crippen molar-refractivity contribution in [1.82, 2.24) is 10.2 Å². The lowest BCUT2D eigenvalue weighted by molar-refractivity contribution is -0.151. The highest BCUT2D eigenvalue weighted by atomic mass is 31.2. The van der Waals surface area contributed by atoms with Gasteiger partial charge >= 0.3 is 19.7 Å². The SMILES string of the molecule is CCCCC(NC(=O)OCc1ccccc1)P(=O)(O)O[C@@H](C)C(=O)N1CCC[C@H]1C(=O)O. The molecule has 0 aromatic heterocycles. The van der Waals surface area contributed by atoms with Crippen LogP contribution >= 0.6 is 7.60 Å². The molecule has 11 heteroatoms. The minimum Gasteiger partial charge on any atom is -0.480 e. The third-order valence-electron chi connectivity index (χ3n) is 5.20. The van der Waals surface area contributed by atoms with Gasteiger partial charge in [-0.15, -0.1) is 0 Å². The number of hydrogen-bond donors (Lipinski definition) is 3. The van der Waals surface area contributed by atoms with Gasteiger partial charge in [0.15, 0.2) is 0 Å². The molecule has 1 heterocycles. The Labute approximate surface area is 187 Å². The topological polar surface area (TPSA) is 142 Å². The number of aliphatic carboxylic acids is 1. The summed E-state index contributed by atoms with van der Waals surface area (Å²) in [4.78, 5) is 47.9. The highest BCUT2D eigenvalue weighted by Gasteiger charge is 2.41. The molecule has 0 radical (unpaired) electrons. The fourth-order valence-corrected chi connectivity index (χ4v) is 4.95. The van der Waals surface area contributed by atoms with Crippen molar-refractivity contribution in [1.29, 1.82) is 0 Å². The number of ether oxygens (including phenoxy) is 1. The van der Waals surface area contributed by atoms with E-state index in [0.717, 1.165) is 10.5 Å². The third kappa shape index (κ3) is 7.32. The predicted molar refractivity (Wildman–Crippen MR) is 116 cm³/mol. The summed E-state index contributed by atoms with van der Waals surface area (Å²) in [5.74, 6) is -3.07. The number of carboxylic acids is 1. The molecule has 1 aromatic rings. The summed E-state index contributed by atoms with van der Waals surface area (Å²) < 4.78 is 23.3. The van der Waals surface area contributed by atoms with Crippen LogP contribution in [0.3, 0.4) is 0 Å². The van der Waals surface area contributed by atoms with Gasteiger partial charge in [-0.1, -0.05) is 50.1 Å². The summed E-state index contributed by atoms with van der Waals surface area (Å²) >= 11 is 0. The number of amides is 2. The van der Waals surface area contributed by atoms with Crippen LogP contribution in [0.1, 0.15) is 51.5 Å². The van der Waals surface area contributed by atoms with Gasteiger partial charge in [0, 0.05) is 6.54 Å². The van der Waals surface area contributed by atoms with Crippen molar-refractivity contribution in [3.8, 4) is 0 Å². The number of benzene rings is 1. The Hall–Kier alpha value is -2.42. The first-order chi connectivity index (χ1) is 15.2. The maximum atomic E-state index is 13.0. The molecule has 1 saturated heterocycles. The molecule has 3 N–H and O–H groups in total. The molecule has 1 fully saturated rings. The van der Waals surface area contributed by atoms with Gasteiger partial charge in [0.25, 0.3) is 5.91 Å². The largest absolute Gasteiger partial charge is 0.480 e. The number of nitrogens with zero attached hydrogens (tertiary/aromatic N) is 1. The van der Waals surface area contributed by atoms with Crippen LogP contribution in [0.5, 0.6) is 0 Å². The summed E-state index contributed by atoms with van der Waals surface area (Å²) in [6, 6.07) is 7.99. The number of carbonyl (C=O) groups is 3. The van der Waals surface area contributed by atoms with Gasteiger partial charge in [-0.3, -0.25) is 13.9 Å². The molecule has 2 rings (SSSR count). The van der Waals surface area contributed by atoms with E-state index in [2.05, 4.69) is 5.32 Å². The zero-order chi connectivity index (χ0) is 23.7. The number of rotatable bonds is 11. The summed E-state index contributed by atoms with van der Waals surface area (Å²) in [6.07, 6.45) is 0.00729. The van der Waals surface area contributed by atoms with Crippen LogP contribution in [0, 0.1) is 0 Å². The number of carbonyl (C=O) groups excluding carboxylic acids is 2. The lowest BCUT2D eigenvalue weighted by atomic mass is 10.2. The van der Waals surface area contributed by atoms with Gasteiger partial charge in [-0.05, 0) is 31.7 Å². The third-order valence-corrected chi connectivity index (χ3v) is 6.99. The van der Waals surface area contributed by atoms with Crippen molar-refractivity contribution in [2.45, 2.75) is 70.5 Å². The number of alkyl carbamates (subject to hydrolysis) is 1. The van der Waals surface area contributed by atoms with E-state index in [4.69, 9.17) is 9.26 Å². The quantitative estimate of drug-likeness (QED) is 0.419. The first-order valence-corrected chi connectivity index (χ1v) is 12.3. The Morgan fingerprint density at radius 1 is 1.28 bits per heavy atom. The predicted octanol–water partition coefficient (Wildman–Crippen LogP) is 3.10. The van der Waals surface area contributed by atoms with E-state index in [0.29, 0.717) is 25.7 Å². The molecule has 178 valence electrons. The van der Waals surface area contributed by atoms with Gasteiger partial charge < -0.3 is 25.0 Å². The minimum atomic E-state index is -4.48. The first-order valence-electron chi connectivity index (χ1n) is 10.7. The molecule has 4 atom stereocenters. The number of likely N-dealkylation sites (tertiary alicyclic amines) is 1. The van der Waals surface area contributed by atoms with Crippen LogP contribution in [-0.4, -0.2) is 57.3 Å². The highest BCUT2D eigenvalue weighted by molar-refractivity contribution is 7.53. The number of hydrogen-bond acceptors (Lipinski definition) is 6. The standard InChI is InChI=1S/C21H31N2O8P/c1-3-4-12-18(22-21(27)30-14-16-9-6-5-7-10-16)32(28,29)31-15(2)19(24)23-13-8-11-17(23)20(25)26/h5-7,9-10,15,17-18H,3-4,8,11-14H2,1-2H3,(H,22,27)(H,25,26)(H,28,29)/t15-,17-,18?/m0/s1. The Morgan fingerprint density at radius 2 is 1.97 bits per heavy atom. The van der Waals surface area contributed by atoms with Crippen molar-refractivity contribution in [2.24, 2.45) is 0 Å². The highest BCUT2D eigenvalue weighted by Crippen LogP contribution is 2.49. The molecule has 0 bridgehead atoms. The van der Waals surface area contributed by atoms with E-state index >= 15 is 0 Å². The van der Waals surface area contributed by atoms with Crippen molar-refractivity contribution >= 4 is 25.6 Å². The van der Waals surface area contributed by atoms with E-state index in [9.17, 15) is 28.9 Å². The number of nitrogens with one attached hydrogen (secondary N) is 1. The molecule has 0 spiro atoms. The molecule has 2 unspecified atom stereocenters. The van der Waals surface area contributed by atoms with Crippen LogP contribution in [0.2, 0.25) is 0 Å². The minimum absolute atomic E-state index is 0.00974. The van der Waals surface area contributed by atoms with E-state index in [1.165, 1.54) is 6.92 Å². The van der Waals surface area contributed by atoms with Crippen molar-refractivity contribution < 1.29 is 38.2 Å². The summed E-state index contributed by atoms with van der Waals surface area (Å²) in [5, 5.41) is 11.6.